The van der Waals surface area contributed by atoms with Gasteiger partial charge in [-0.2, -0.15) is 0 Å². The Bertz CT molecular complexity index is 159. The second kappa shape index (κ2) is 3.63. The van der Waals surface area contributed by atoms with Crippen LogP contribution in [-0.2, 0) is 0 Å². The summed E-state index contributed by atoms with van der Waals surface area (Å²) in [5.74, 6) is 2.15. The highest BCUT2D eigenvalue weighted by Gasteiger charge is 2.38. The Morgan fingerprint density at radius 2 is 1.54 bits per heavy atom. The molecule has 2 fully saturated rings. The van der Waals surface area contributed by atoms with Gasteiger partial charge in [0.05, 0.1) is 0 Å². The normalized spacial score (nSPS) is 26.3. The number of rotatable bonds is 3. The molecule has 0 aromatic heterocycles. The van der Waals surface area contributed by atoms with Gasteiger partial charge in [0.25, 0.3) is 0 Å². The van der Waals surface area contributed by atoms with Crippen LogP contribution in [0.15, 0.2) is 0 Å². The molecule has 0 unspecified atom stereocenters. The van der Waals surface area contributed by atoms with Crippen molar-refractivity contribution >= 4 is 0 Å². The summed E-state index contributed by atoms with van der Waals surface area (Å²) >= 11 is 0. The monoisotopic (exact) mass is 180 g/mol. The highest BCUT2D eigenvalue weighted by molar-refractivity contribution is 4.89. The van der Waals surface area contributed by atoms with E-state index in [0.717, 1.165) is 11.8 Å². The summed E-state index contributed by atoms with van der Waals surface area (Å²) in [6, 6.07) is 0. The lowest BCUT2D eigenvalue weighted by atomic mass is 9.74. The zero-order chi connectivity index (χ0) is 9.31. The highest BCUT2D eigenvalue weighted by Crippen LogP contribution is 2.50. The van der Waals surface area contributed by atoms with Gasteiger partial charge in [-0.15, -0.1) is 0 Å². The van der Waals surface area contributed by atoms with Crippen molar-refractivity contribution in [1.29, 1.82) is 0 Å². The van der Waals surface area contributed by atoms with E-state index in [0.29, 0.717) is 5.41 Å². The van der Waals surface area contributed by atoms with E-state index in [2.05, 4.69) is 13.8 Å². The quantitative estimate of drug-likeness (QED) is 0.604. The molecule has 2 saturated carbocycles. The minimum Gasteiger partial charge on any atom is -0.0596 e. The second-order valence-electron chi connectivity index (χ2n) is 5.97. The van der Waals surface area contributed by atoms with Crippen LogP contribution in [0.1, 0.15) is 65.2 Å². The van der Waals surface area contributed by atoms with Gasteiger partial charge in [0, 0.05) is 0 Å². The highest BCUT2D eigenvalue weighted by atomic mass is 14.4. The van der Waals surface area contributed by atoms with Crippen molar-refractivity contribution < 1.29 is 0 Å². The van der Waals surface area contributed by atoms with Crippen molar-refractivity contribution in [2.75, 3.05) is 0 Å². The zero-order valence-electron chi connectivity index (χ0n) is 9.31. The van der Waals surface area contributed by atoms with Gasteiger partial charge in [0.1, 0.15) is 0 Å². The van der Waals surface area contributed by atoms with Crippen molar-refractivity contribution in [3.63, 3.8) is 0 Å². The van der Waals surface area contributed by atoms with E-state index in [1.165, 1.54) is 51.4 Å². The third-order valence-electron chi connectivity index (χ3n) is 4.22. The molecule has 2 aliphatic rings. The minimum absolute atomic E-state index is 0.669. The first kappa shape index (κ1) is 9.55. The molecular weight excluding hydrogens is 156 g/mol. The molecule has 2 rings (SSSR count). The predicted molar refractivity (Wildman–Crippen MR) is 57.7 cm³/mol. The van der Waals surface area contributed by atoms with Crippen molar-refractivity contribution in [3.8, 4) is 0 Å². The SMILES string of the molecule is CC(C)(CC1CCCCC1)C1CC1. The van der Waals surface area contributed by atoms with E-state index < -0.39 is 0 Å². The largest absolute Gasteiger partial charge is 0.0596 e. The fourth-order valence-electron chi connectivity index (χ4n) is 3.17. The van der Waals surface area contributed by atoms with Crippen LogP contribution in [0.5, 0.6) is 0 Å². The van der Waals surface area contributed by atoms with Gasteiger partial charge in [0.15, 0.2) is 0 Å². The van der Waals surface area contributed by atoms with E-state index in [1.807, 2.05) is 0 Å². The van der Waals surface area contributed by atoms with Gasteiger partial charge in [-0.1, -0.05) is 46.0 Å². The molecule has 0 heteroatoms. The average molecular weight is 180 g/mol. The Morgan fingerprint density at radius 1 is 0.923 bits per heavy atom. The molecular formula is C13H24. The van der Waals surface area contributed by atoms with Crippen LogP contribution in [0, 0.1) is 17.3 Å². The first-order chi connectivity index (χ1) is 6.18. The lowest BCUT2D eigenvalue weighted by Gasteiger charge is -2.32. The summed E-state index contributed by atoms with van der Waals surface area (Å²) in [7, 11) is 0. The molecule has 0 amide bonds. The Kier molecular flexibility index (Phi) is 2.67. The van der Waals surface area contributed by atoms with Gasteiger partial charge < -0.3 is 0 Å². The van der Waals surface area contributed by atoms with Crippen LogP contribution in [0.3, 0.4) is 0 Å². The molecule has 13 heavy (non-hydrogen) atoms. The first-order valence-electron chi connectivity index (χ1n) is 6.18. The Hall–Kier alpha value is 0. The van der Waals surface area contributed by atoms with Crippen LogP contribution >= 0.6 is 0 Å². The van der Waals surface area contributed by atoms with E-state index in [9.17, 15) is 0 Å². The lowest BCUT2D eigenvalue weighted by Crippen LogP contribution is -2.20. The molecule has 2 aliphatic carbocycles. The van der Waals surface area contributed by atoms with Crippen molar-refractivity contribution in [3.05, 3.63) is 0 Å². The van der Waals surface area contributed by atoms with Crippen LogP contribution in [-0.4, -0.2) is 0 Å². The summed E-state index contributed by atoms with van der Waals surface area (Å²) in [5.41, 5.74) is 0.669. The van der Waals surface area contributed by atoms with Crippen LogP contribution < -0.4 is 0 Å². The Morgan fingerprint density at radius 3 is 2.08 bits per heavy atom. The first-order valence-corrected chi connectivity index (χ1v) is 6.18. The van der Waals surface area contributed by atoms with Crippen LogP contribution in [0.2, 0.25) is 0 Å². The molecule has 0 atom stereocenters. The second-order valence-corrected chi connectivity index (χ2v) is 5.97. The standard InChI is InChI=1S/C13H24/c1-13(2,12-8-9-12)10-11-6-4-3-5-7-11/h11-12H,3-10H2,1-2H3. The van der Waals surface area contributed by atoms with E-state index in [-0.39, 0.29) is 0 Å². The van der Waals surface area contributed by atoms with Gasteiger partial charge in [0.2, 0.25) is 0 Å². The topological polar surface area (TPSA) is 0 Å². The Balaban J connectivity index is 1.80. The molecule has 0 saturated heterocycles. The summed E-state index contributed by atoms with van der Waals surface area (Å²) < 4.78 is 0. The maximum atomic E-state index is 2.50. The van der Waals surface area contributed by atoms with Crippen LogP contribution in [0.25, 0.3) is 0 Å². The van der Waals surface area contributed by atoms with E-state index in [4.69, 9.17) is 0 Å². The summed E-state index contributed by atoms with van der Waals surface area (Å²) in [4.78, 5) is 0. The third kappa shape index (κ3) is 2.48. The molecule has 0 aromatic carbocycles. The molecule has 0 N–H and O–H groups in total. The molecule has 76 valence electrons. The predicted octanol–water partition coefficient (Wildman–Crippen LogP) is 4.39. The third-order valence-corrected chi connectivity index (χ3v) is 4.22. The fraction of sp³-hybridized carbons (Fsp3) is 1.00. The van der Waals surface area contributed by atoms with Crippen molar-refractivity contribution in [2.24, 2.45) is 17.3 Å². The Labute approximate surface area is 83.1 Å². The zero-order valence-corrected chi connectivity index (χ0v) is 9.31. The molecule has 0 bridgehead atoms. The van der Waals surface area contributed by atoms with E-state index in [1.54, 1.807) is 0 Å². The van der Waals surface area contributed by atoms with Gasteiger partial charge in [-0.25, -0.2) is 0 Å². The van der Waals surface area contributed by atoms with Crippen molar-refractivity contribution in [1.82, 2.24) is 0 Å². The van der Waals surface area contributed by atoms with Gasteiger partial charge in [-0.05, 0) is 36.5 Å². The summed E-state index contributed by atoms with van der Waals surface area (Å²) in [5, 5.41) is 0. The average Bonchev–Trinajstić information content (AvgIpc) is 2.87. The fourth-order valence-corrected chi connectivity index (χ4v) is 3.17. The van der Waals surface area contributed by atoms with Crippen molar-refractivity contribution in [2.45, 2.75) is 65.2 Å². The number of hydrogen-bond acceptors (Lipinski definition) is 0. The lowest BCUT2D eigenvalue weighted by molar-refractivity contribution is 0.195. The minimum atomic E-state index is 0.669. The maximum Gasteiger partial charge on any atom is -0.0323 e. The molecule has 0 nitrogen and oxygen atoms in total. The number of hydrogen-bond donors (Lipinski definition) is 0. The maximum absolute atomic E-state index is 2.50. The summed E-state index contributed by atoms with van der Waals surface area (Å²) in [6.07, 6.45) is 12.1. The molecule has 0 heterocycles. The van der Waals surface area contributed by atoms with E-state index >= 15 is 0 Å². The summed E-state index contributed by atoms with van der Waals surface area (Å²) in [6.45, 7) is 5.00. The smallest absolute Gasteiger partial charge is 0.0323 e. The van der Waals surface area contributed by atoms with Gasteiger partial charge in [-0.3, -0.25) is 0 Å². The van der Waals surface area contributed by atoms with Gasteiger partial charge >= 0.3 is 0 Å². The molecule has 0 aliphatic heterocycles. The molecule has 0 aromatic rings. The van der Waals surface area contributed by atoms with Crippen LogP contribution in [0.4, 0.5) is 0 Å². The molecule has 0 spiro atoms. The molecule has 0 radical (unpaired) electrons.